The van der Waals surface area contributed by atoms with E-state index in [-0.39, 0.29) is 6.61 Å². The van der Waals surface area contributed by atoms with Crippen LogP contribution in [-0.4, -0.2) is 34.7 Å². The number of rotatable bonds is 5. The first-order chi connectivity index (χ1) is 5.86. The molecule has 12 heavy (non-hydrogen) atoms. The molecule has 0 aromatic carbocycles. The van der Waals surface area contributed by atoms with Crippen LogP contribution in [0.2, 0.25) is 0 Å². The van der Waals surface area contributed by atoms with E-state index in [2.05, 4.69) is 15.5 Å². The molecule has 0 bridgehead atoms. The lowest BCUT2D eigenvalue weighted by Crippen LogP contribution is -1.87. The summed E-state index contributed by atoms with van der Waals surface area (Å²) < 4.78 is 0. The molecule has 1 aromatic heterocycles. The van der Waals surface area contributed by atoms with Gasteiger partial charge in [-0.25, -0.2) is 0 Å². The van der Waals surface area contributed by atoms with Crippen molar-refractivity contribution in [3.8, 4) is 0 Å². The second-order valence-corrected chi connectivity index (χ2v) is 4.19. The van der Waals surface area contributed by atoms with E-state index in [0.29, 0.717) is 0 Å². The van der Waals surface area contributed by atoms with Crippen LogP contribution in [-0.2, 0) is 5.75 Å². The number of hydrogen-bond acceptors (Lipinski definition) is 6. The Balaban J connectivity index is 2.31. The minimum Gasteiger partial charge on any atom is -0.396 e. The average molecular weight is 205 g/mol. The van der Waals surface area contributed by atoms with Crippen molar-refractivity contribution in [2.75, 3.05) is 24.7 Å². The molecule has 0 amide bonds. The summed E-state index contributed by atoms with van der Waals surface area (Å²) in [6.07, 6.45) is 0. The molecular formula is C6H11N3OS2. The number of nitrogens with zero attached hydrogens (tertiary/aromatic N) is 2. The van der Waals surface area contributed by atoms with Crippen LogP contribution < -0.4 is 5.32 Å². The van der Waals surface area contributed by atoms with E-state index in [9.17, 15) is 0 Å². The minimum absolute atomic E-state index is 0.225. The molecule has 0 unspecified atom stereocenters. The van der Waals surface area contributed by atoms with Gasteiger partial charge in [0.2, 0.25) is 5.13 Å². The Bertz CT molecular complexity index is 228. The topological polar surface area (TPSA) is 58.0 Å². The highest BCUT2D eigenvalue weighted by atomic mass is 32.2. The fraction of sp³-hybridized carbons (Fsp3) is 0.667. The van der Waals surface area contributed by atoms with Gasteiger partial charge >= 0.3 is 0 Å². The molecule has 1 aromatic rings. The fourth-order valence-electron chi connectivity index (χ4n) is 0.637. The van der Waals surface area contributed by atoms with E-state index in [1.54, 1.807) is 23.1 Å². The Morgan fingerprint density at radius 3 is 3.00 bits per heavy atom. The SMILES string of the molecule is CNc1nnc(CSCCO)s1. The van der Waals surface area contributed by atoms with Crippen LogP contribution in [0.25, 0.3) is 0 Å². The summed E-state index contributed by atoms with van der Waals surface area (Å²) in [5.41, 5.74) is 0. The van der Waals surface area contributed by atoms with Crippen molar-refractivity contribution in [2.24, 2.45) is 0 Å². The molecule has 0 aliphatic heterocycles. The number of aromatic nitrogens is 2. The van der Waals surface area contributed by atoms with E-state index < -0.39 is 0 Å². The lowest BCUT2D eigenvalue weighted by Gasteiger charge is -1.92. The maximum atomic E-state index is 8.53. The summed E-state index contributed by atoms with van der Waals surface area (Å²) in [5.74, 6) is 1.59. The maximum Gasteiger partial charge on any atom is 0.205 e. The Hall–Kier alpha value is -0.330. The number of aliphatic hydroxyl groups excluding tert-OH is 1. The molecule has 0 aliphatic carbocycles. The van der Waals surface area contributed by atoms with Crippen molar-refractivity contribution in [1.82, 2.24) is 10.2 Å². The van der Waals surface area contributed by atoms with E-state index >= 15 is 0 Å². The standard InChI is InChI=1S/C6H11N3OS2/c1-7-6-9-8-5(12-6)4-11-3-2-10/h10H,2-4H2,1H3,(H,7,9). The number of thioether (sulfide) groups is 1. The zero-order chi connectivity index (χ0) is 8.81. The number of nitrogens with one attached hydrogen (secondary N) is 1. The van der Waals surface area contributed by atoms with Gasteiger partial charge in [-0.05, 0) is 0 Å². The van der Waals surface area contributed by atoms with Gasteiger partial charge in [0.25, 0.3) is 0 Å². The summed E-state index contributed by atoms with van der Waals surface area (Å²) >= 11 is 3.21. The van der Waals surface area contributed by atoms with Crippen molar-refractivity contribution >= 4 is 28.2 Å². The monoisotopic (exact) mass is 205 g/mol. The second-order valence-electron chi connectivity index (χ2n) is 2.03. The largest absolute Gasteiger partial charge is 0.396 e. The van der Waals surface area contributed by atoms with E-state index in [1.807, 2.05) is 7.05 Å². The van der Waals surface area contributed by atoms with Gasteiger partial charge in [-0.1, -0.05) is 11.3 Å². The van der Waals surface area contributed by atoms with E-state index in [4.69, 9.17) is 5.11 Å². The highest BCUT2D eigenvalue weighted by Gasteiger charge is 2.01. The molecule has 0 atom stereocenters. The normalized spacial score (nSPS) is 10.2. The minimum atomic E-state index is 0.225. The third-order valence-corrected chi connectivity index (χ3v) is 3.21. The molecule has 0 spiro atoms. The maximum absolute atomic E-state index is 8.53. The van der Waals surface area contributed by atoms with Gasteiger partial charge < -0.3 is 10.4 Å². The third-order valence-electron chi connectivity index (χ3n) is 1.14. The zero-order valence-corrected chi connectivity index (χ0v) is 8.41. The Morgan fingerprint density at radius 2 is 2.42 bits per heavy atom. The number of anilines is 1. The molecule has 0 fully saturated rings. The van der Waals surface area contributed by atoms with Crippen molar-refractivity contribution in [3.05, 3.63) is 5.01 Å². The molecule has 6 heteroatoms. The molecule has 68 valence electrons. The van der Waals surface area contributed by atoms with Gasteiger partial charge in [-0.2, -0.15) is 11.8 Å². The molecule has 0 saturated carbocycles. The fourth-order valence-corrected chi connectivity index (χ4v) is 2.12. The van der Waals surface area contributed by atoms with Gasteiger partial charge in [0.15, 0.2) is 0 Å². The molecule has 1 rings (SSSR count). The first-order valence-corrected chi connectivity index (χ1v) is 5.52. The van der Waals surface area contributed by atoms with Gasteiger partial charge in [0, 0.05) is 18.6 Å². The number of hydrogen-bond donors (Lipinski definition) is 2. The average Bonchev–Trinajstić information content (AvgIpc) is 2.53. The predicted octanol–water partition coefficient (Wildman–Crippen LogP) is 0.805. The quantitative estimate of drug-likeness (QED) is 0.697. The van der Waals surface area contributed by atoms with E-state index in [0.717, 1.165) is 21.6 Å². The van der Waals surface area contributed by atoms with Crippen LogP contribution >= 0.6 is 23.1 Å². The van der Waals surface area contributed by atoms with Crippen molar-refractivity contribution in [3.63, 3.8) is 0 Å². The van der Waals surface area contributed by atoms with Gasteiger partial charge in [-0.3, -0.25) is 0 Å². The van der Waals surface area contributed by atoms with Crippen LogP contribution in [0.15, 0.2) is 0 Å². The highest BCUT2D eigenvalue weighted by molar-refractivity contribution is 7.98. The molecule has 0 aliphatic rings. The number of aliphatic hydroxyl groups is 1. The molecule has 0 saturated heterocycles. The van der Waals surface area contributed by atoms with Gasteiger partial charge in [0.1, 0.15) is 5.01 Å². The smallest absolute Gasteiger partial charge is 0.205 e. The van der Waals surface area contributed by atoms with Crippen LogP contribution in [0.5, 0.6) is 0 Å². The van der Waals surface area contributed by atoms with Crippen LogP contribution in [0.3, 0.4) is 0 Å². The van der Waals surface area contributed by atoms with Gasteiger partial charge in [-0.15, -0.1) is 10.2 Å². The third kappa shape index (κ3) is 2.96. The lowest BCUT2D eigenvalue weighted by molar-refractivity contribution is 0.322. The second kappa shape index (κ2) is 5.34. The lowest BCUT2D eigenvalue weighted by atomic mass is 10.8. The highest BCUT2D eigenvalue weighted by Crippen LogP contribution is 2.18. The zero-order valence-electron chi connectivity index (χ0n) is 6.78. The first-order valence-electron chi connectivity index (χ1n) is 3.55. The first kappa shape index (κ1) is 9.76. The van der Waals surface area contributed by atoms with Crippen molar-refractivity contribution in [2.45, 2.75) is 5.75 Å². The molecule has 2 N–H and O–H groups in total. The van der Waals surface area contributed by atoms with Crippen LogP contribution in [0.4, 0.5) is 5.13 Å². The summed E-state index contributed by atoms with van der Waals surface area (Å²) in [7, 11) is 1.82. The Kier molecular flexibility index (Phi) is 4.34. The summed E-state index contributed by atoms with van der Waals surface area (Å²) in [5, 5.41) is 21.2. The van der Waals surface area contributed by atoms with Gasteiger partial charge in [0.05, 0.1) is 6.61 Å². The Labute approximate surface area is 79.4 Å². The van der Waals surface area contributed by atoms with Crippen molar-refractivity contribution in [1.29, 1.82) is 0 Å². The Morgan fingerprint density at radius 1 is 1.58 bits per heavy atom. The summed E-state index contributed by atoms with van der Waals surface area (Å²) in [4.78, 5) is 0. The van der Waals surface area contributed by atoms with E-state index in [1.165, 1.54) is 0 Å². The summed E-state index contributed by atoms with van der Waals surface area (Å²) in [6, 6.07) is 0. The molecule has 4 nitrogen and oxygen atoms in total. The van der Waals surface area contributed by atoms with Crippen LogP contribution in [0.1, 0.15) is 5.01 Å². The molecule has 0 radical (unpaired) electrons. The summed E-state index contributed by atoms with van der Waals surface area (Å²) in [6.45, 7) is 0.225. The van der Waals surface area contributed by atoms with Crippen LogP contribution in [0, 0.1) is 0 Å². The predicted molar refractivity (Wildman–Crippen MR) is 52.7 cm³/mol. The molecule has 1 heterocycles. The molecular weight excluding hydrogens is 194 g/mol. The van der Waals surface area contributed by atoms with Crippen molar-refractivity contribution < 1.29 is 5.11 Å².